The van der Waals surface area contributed by atoms with Crippen LogP contribution >= 0.6 is 0 Å². The zero-order valence-corrected chi connectivity index (χ0v) is 11.5. The molecular weight excluding hydrogens is 265 g/mol. The fourth-order valence-electron chi connectivity index (χ4n) is 2.95. The van der Waals surface area contributed by atoms with E-state index in [2.05, 4.69) is 0 Å². The highest BCUT2D eigenvalue weighted by atomic mass is 19.4. The fraction of sp³-hybridized carbons (Fsp3) is 0.562. The van der Waals surface area contributed by atoms with Crippen LogP contribution in [0.5, 0.6) is 0 Å². The summed E-state index contributed by atoms with van der Waals surface area (Å²) in [4.78, 5) is 12.2. The molecule has 0 radical (unpaired) electrons. The number of aryl methyl sites for hydroxylation is 1. The van der Waals surface area contributed by atoms with Crippen LogP contribution in [0.2, 0.25) is 0 Å². The Morgan fingerprint density at radius 1 is 1.30 bits per heavy atom. The summed E-state index contributed by atoms with van der Waals surface area (Å²) in [5.74, 6) is -1.79. The van der Waals surface area contributed by atoms with Crippen LogP contribution in [0.15, 0.2) is 24.3 Å². The number of rotatable bonds is 3. The molecule has 2 atom stereocenters. The molecule has 0 heterocycles. The SMILES string of the molecule is Cc1cccc(CC(=O)C2CCCC(C(F)(F)F)C2)c1. The van der Waals surface area contributed by atoms with Crippen molar-refractivity contribution in [2.24, 2.45) is 11.8 Å². The Labute approximate surface area is 117 Å². The van der Waals surface area contributed by atoms with Crippen LogP contribution in [0.1, 0.15) is 36.8 Å². The molecule has 1 aromatic carbocycles. The zero-order valence-electron chi connectivity index (χ0n) is 11.5. The van der Waals surface area contributed by atoms with Crippen LogP contribution in [-0.2, 0) is 11.2 Å². The van der Waals surface area contributed by atoms with Crippen molar-refractivity contribution >= 4 is 5.78 Å². The maximum atomic E-state index is 12.7. The molecule has 110 valence electrons. The number of halogens is 3. The molecule has 2 rings (SSSR count). The van der Waals surface area contributed by atoms with E-state index in [0.29, 0.717) is 12.8 Å². The second-order valence-electron chi connectivity index (χ2n) is 5.73. The van der Waals surface area contributed by atoms with Gasteiger partial charge in [-0.25, -0.2) is 0 Å². The van der Waals surface area contributed by atoms with E-state index in [0.717, 1.165) is 11.1 Å². The summed E-state index contributed by atoms with van der Waals surface area (Å²) in [5, 5.41) is 0. The van der Waals surface area contributed by atoms with E-state index < -0.39 is 18.0 Å². The maximum Gasteiger partial charge on any atom is 0.391 e. The van der Waals surface area contributed by atoms with E-state index in [9.17, 15) is 18.0 Å². The topological polar surface area (TPSA) is 17.1 Å². The van der Waals surface area contributed by atoms with Gasteiger partial charge in [0.15, 0.2) is 0 Å². The number of alkyl halides is 3. The van der Waals surface area contributed by atoms with Gasteiger partial charge in [0, 0.05) is 12.3 Å². The van der Waals surface area contributed by atoms with Crippen molar-refractivity contribution in [1.82, 2.24) is 0 Å². The maximum absolute atomic E-state index is 12.7. The highest BCUT2D eigenvalue weighted by molar-refractivity contribution is 5.83. The molecule has 4 heteroatoms. The molecule has 0 aliphatic heterocycles. The first-order valence-corrected chi connectivity index (χ1v) is 7.01. The van der Waals surface area contributed by atoms with Gasteiger partial charge in [-0.2, -0.15) is 13.2 Å². The monoisotopic (exact) mass is 284 g/mol. The van der Waals surface area contributed by atoms with Gasteiger partial charge in [0.25, 0.3) is 0 Å². The molecule has 0 aromatic heterocycles. The predicted molar refractivity (Wildman–Crippen MR) is 71.4 cm³/mol. The molecule has 1 aromatic rings. The van der Waals surface area contributed by atoms with Gasteiger partial charge in [-0.15, -0.1) is 0 Å². The molecular formula is C16H19F3O. The van der Waals surface area contributed by atoms with E-state index in [1.165, 1.54) is 0 Å². The fourth-order valence-corrected chi connectivity index (χ4v) is 2.95. The van der Waals surface area contributed by atoms with E-state index in [1.54, 1.807) is 0 Å². The lowest BCUT2D eigenvalue weighted by atomic mass is 9.78. The number of carbonyl (C=O) groups is 1. The molecule has 0 saturated heterocycles. The minimum atomic E-state index is -4.16. The Kier molecular flexibility index (Phi) is 4.51. The highest BCUT2D eigenvalue weighted by Gasteiger charge is 2.43. The second-order valence-corrected chi connectivity index (χ2v) is 5.73. The third-order valence-corrected chi connectivity index (χ3v) is 4.05. The van der Waals surface area contributed by atoms with Crippen molar-refractivity contribution in [3.63, 3.8) is 0 Å². The largest absolute Gasteiger partial charge is 0.391 e. The number of ketones is 1. The number of benzene rings is 1. The van der Waals surface area contributed by atoms with Crippen molar-refractivity contribution in [3.8, 4) is 0 Å². The van der Waals surface area contributed by atoms with Crippen molar-refractivity contribution < 1.29 is 18.0 Å². The molecule has 20 heavy (non-hydrogen) atoms. The Morgan fingerprint density at radius 3 is 2.70 bits per heavy atom. The average molecular weight is 284 g/mol. The molecule has 0 N–H and O–H groups in total. The summed E-state index contributed by atoms with van der Waals surface area (Å²) in [6.07, 6.45) is -2.70. The van der Waals surface area contributed by atoms with Crippen LogP contribution in [0.4, 0.5) is 13.2 Å². The molecule has 0 amide bonds. The van der Waals surface area contributed by atoms with Crippen molar-refractivity contribution in [3.05, 3.63) is 35.4 Å². The normalized spacial score (nSPS) is 23.6. The van der Waals surface area contributed by atoms with Crippen molar-refractivity contribution in [2.45, 2.75) is 45.2 Å². The molecule has 1 aliphatic carbocycles. The van der Waals surface area contributed by atoms with E-state index in [-0.39, 0.29) is 25.0 Å². The third kappa shape index (κ3) is 3.84. The Hall–Kier alpha value is -1.32. The molecule has 1 fully saturated rings. The van der Waals surface area contributed by atoms with Crippen molar-refractivity contribution in [2.75, 3.05) is 0 Å². The molecule has 0 spiro atoms. The standard InChI is InChI=1S/C16H19F3O/c1-11-4-2-5-12(8-11)9-15(20)13-6-3-7-14(10-13)16(17,18)19/h2,4-5,8,13-14H,3,6-7,9-10H2,1H3. The minimum absolute atomic E-state index is 0.0336. The number of hydrogen-bond donors (Lipinski definition) is 0. The van der Waals surface area contributed by atoms with Gasteiger partial charge in [0.1, 0.15) is 5.78 Å². The first-order valence-electron chi connectivity index (χ1n) is 7.01. The Balaban J connectivity index is 1.99. The summed E-state index contributed by atoms with van der Waals surface area (Å²) < 4.78 is 38.2. The molecule has 2 unspecified atom stereocenters. The van der Waals surface area contributed by atoms with Gasteiger partial charge in [-0.1, -0.05) is 36.2 Å². The summed E-state index contributed by atoms with van der Waals surface area (Å²) in [6.45, 7) is 1.94. The first-order chi connectivity index (χ1) is 9.36. The van der Waals surface area contributed by atoms with Crippen LogP contribution < -0.4 is 0 Å². The smallest absolute Gasteiger partial charge is 0.299 e. The number of carbonyl (C=O) groups excluding carboxylic acids is 1. The lowest BCUT2D eigenvalue weighted by molar-refractivity contribution is -0.186. The molecule has 0 bridgehead atoms. The van der Waals surface area contributed by atoms with Gasteiger partial charge >= 0.3 is 6.18 Å². The van der Waals surface area contributed by atoms with Gasteiger partial charge in [-0.05, 0) is 31.7 Å². The minimum Gasteiger partial charge on any atom is -0.299 e. The number of hydrogen-bond acceptors (Lipinski definition) is 1. The zero-order chi connectivity index (χ0) is 14.8. The Bertz CT molecular complexity index is 479. The predicted octanol–water partition coefficient (Wildman–Crippen LogP) is 4.48. The second kappa shape index (κ2) is 5.98. The van der Waals surface area contributed by atoms with E-state index in [1.807, 2.05) is 31.2 Å². The van der Waals surface area contributed by atoms with E-state index in [4.69, 9.17) is 0 Å². The Morgan fingerprint density at radius 2 is 2.05 bits per heavy atom. The molecule has 1 nitrogen and oxygen atoms in total. The number of Topliss-reactive ketones (excluding diaryl/α,β-unsaturated/α-hetero) is 1. The van der Waals surface area contributed by atoms with Crippen LogP contribution in [0.25, 0.3) is 0 Å². The lowest BCUT2D eigenvalue weighted by Gasteiger charge is -2.29. The summed E-state index contributed by atoms with van der Waals surface area (Å²) >= 11 is 0. The van der Waals surface area contributed by atoms with Crippen LogP contribution in [0, 0.1) is 18.8 Å². The summed E-state index contributed by atoms with van der Waals surface area (Å²) in [5.41, 5.74) is 1.95. The van der Waals surface area contributed by atoms with Gasteiger partial charge in [0.05, 0.1) is 5.92 Å². The van der Waals surface area contributed by atoms with Crippen LogP contribution in [-0.4, -0.2) is 12.0 Å². The quantitative estimate of drug-likeness (QED) is 0.800. The third-order valence-electron chi connectivity index (χ3n) is 4.05. The van der Waals surface area contributed by atoms with Gasteiger partial charge in [-0.3, -0.25) is 4.79 Å². The summed E-state index contributed by atoms with van der Waals surface area (Å²) in [6, 6.07) is 7.59. The van der Waals surface area contributed by atoms with Gasteiger partial charge < -0.3 is 0 Å². The van der Waals surface area contributed by atoms with Gasteiger partial charge in [0.2, 0.25) is 0 Å². The van der Waals surface area contributed by atoms with E-state index >= 15 is 0 Å². The summed E-state index contributed by atoms with van der Waals surface area (Å²) in [7, 11) is 0. The molecule has 1 saturated carbocycles. The first kappa shape index (κ1) is 15.1. The average Bonchev–Trinajstić information content (AvgIpc) is 2.38. The molecule has 1 aliphatic rings. The van der Waals surface area contributed by atoms with Crippen LogP contribution in [0.3, 0.4) is 0 Å². The lowest BCUT2D eigenvalue weighted by Crippen LogP contribution is -2.32. The van der Waals surface area contributed by atoms with Crippen molar-refractivity contribution in [1.29, 1.82) is 0 Å². The highest BCUT2D eigenvalue weighted by Crippen LogP contribution is 2.40.